The van der Waals surface area contributed by atoms with Gasteiger partial charge in [0.05, 0.1) is 23.5 Å². The molecule has 0 atom stereocenters. The van der Waals surface area contributed by atoms with Crippen molar-refractivity contribution in [3.63, 3.8) is 0 Å². The monoisotopic (exact) mass is 392 g/mol. The first-order valence-electron chi connectivity index (χ1n) is 9.75. The zero-order chi connectivity index (χ0) is 20.6. The molecule has 3 N–H and O–H groups in total. The van der Waals surface area contributed by atoms with Crippen LogP contribution in [0.2, 0.25) is 0 Å². The number of carbonyl (C=O) groups is 3. The minimum absolute atomic E-state index is 0.0429. The Morgan fingerprint density at radius 1 is 1.10 bits per heavy atom. The van der Waals surface area contributed by atoms with Crippen molar-refractivity contribution in [3.05, 3.63) is 54.1 Å². The van der Waals surface area contributed by atoms with Crippen molar-refractivity contribution in [2.75, 3.05) is 22.1 Å². The van der Waals surface area contributed by atoms with Crippen LogP contribution in [0.5, 0.6) is 0 Å². The van der Waals surface area contributed by atoms with Gasteiger partial charge in [-0.05, 0) is 51.0 Å². The molecule has 0 bridgehead atoms. The third-order valence-corrected chi connectivity index (χ3v) is 5.27. The van der Waals surface area contributed by atoms with E-state index >= 15 is 0 Å². The Morgan fingerprint density at radius 3 is 2.55 bits per heavy atom. The first kappa shape index (κ1) is 19.0. The Hall–Kier alpha value is -3.35. The molecule has 2 aromatic rings. The number of para-hydroxylation sites is 3. The number of nitrogens with zero attached hydrogens (tertiary/aromatic N) is 1. The summed E-state index contributed by atoms with van der Waals surface area (Å²) >= 11 is 0. The smallest absolute Gasteiger partial charge is 0.253 e. The molecule has 2 aliphatic rings. The summed E-state index contributed by atoms with van der Waals surface area (Å²) in [5, 5.41) is 8.90. The fraction of sp³-hybridized carbons (Fsp3) is 0.318. The Bertz CT molecular complexity index is 982. The highest BCUT2D eigenvalue weighted by Crippen LogP contribution is 2.36. The number of hydrogen-bond acceptors (Lipinski definition) is 4. The highest BCUT2D eigenvalue weighted by atomic mass is 16.2. The van der Waals surface area contributed by atoms with Crippen molar-refractivity contribution in [2.24, 2.45) is 0 Å². The lowest BCUT2D eigenvalue weighted by molar-refractivity contribution is -0.125. The maximum Gasteiger partial charge on any atom is 0.253 e. The van der Waals surface area contributed by atoms with Crippen LogP contribution in [0, 0.1) is 0 Å². The molecule has 0 aromatic heterocycles. The zero-order valence-electron chi connectivity index (χ0n) is 16.5. The second-order valence-corrected chi connectivity index (χ2v) is 7.91. The number of nitrogens with one attached hydrogen (secondary N) is 3. The van der Waals surface area contributed by atoms with Gasteiger partial charge in [0.1, 0.15) is 5.54 Å². The fourth-order valence-electron chi connectivity index (χ4n) is 3.47. The van der Waals surface area contributed by atoms with Crippen LogP contribution in [0.15, 0.2) is 48.5 Å². The third-order valence-electron chi connectivity index (χ3n) is 5.27. The molecule has 4 rings (SSSR count). The van der Waals surface area contributed by atoms with Crippen LogP contribution < -0.4 is 20.9 Å². The van der Waals surface area contributed by atoms with E-state index in [1.807, 2.05) is 24.3 Å². The second kappa shape index (κ2) is 7.24. The summed E-state index contributed by atoms with van der Waals surface area (Å²) in [7, 11) is 0. The molecule has 0 unspecified atom stereocenters. The van der Waals surface area contributed by atoms with Gasteiger partial charge in [-0.25, -0.2) is 0 Å². The van der Waals surface area contributed by atoms with Crippen LogP contribution in [0.4, 0.5) is 17.1 Å². The summed E-state index contributed by atoms with van der Waals surface area (Å²) in [6, 6.07) is 14.6. The maximum atomic E-state index is 13.1. The molecule has 1 heterocycles. The zero-order valence-corrected chi connectivity index (χ0v) is 16.5. The van der Waals surface area contributed by atoms with Crippen LogP contribution in [-0.2, 0) is 9.59 Å². The standard InChI is InChI=1S/C22H24N4O3/c1-22(2)21(29)25-17-9-5-6-10-18(17)26(22)19(27)13-23-16-8-4-3-7-15(16)20(28)24-14-11-12-14/h3-10,14,23H,11-13H2,1-2H3,(H,24,28)(H,25,29). The number of carbonyl (C=O) groups excluding carboxylic acids is 3. The summed E-state index contributed by atoms with van der Waals surface area (Å²) in [6.07, 6.45) is 2.01. The van der Waals surface area contributed by atoms with Gasteiger partial charge in [-0.2, -0.15) is 0 Å². The van der Waals surface area contributed by atoms with E-state index < -0.39 is 5.54 Å². The Balaban J connectivity index is 1.54. The van der Waals surface area contributed by atoms with Crippen molar-refractivity contribution in [1.29, 1.82) is 0 Å². The quantitative estimate of drug-likeness (QED) is 0.730. The number of benzene rings is 2. The lowest BCUT2D eigenvalue weighted by Gasteiger charge is -2.42. The molecule has 0 spiro atoms. The Labute approximate surface area is 169 Å². The number of amides is 3. The van der Waals surface area contributed by atoms with Gasteiger partial charge in [-0.15, -0.1) is 0 Å². The number of hydrogen-bond donors (Lipinski definition) is 3. The molecule has 1 aliphatic heterocycles. The minimum Gasteiger partial charge on any atom is -0.375 e. The van der Waals surface area contributed by atoms with E-state index in [-0.39, 0.29) is 30.3 Å². The topological polar surface area (TPSA) is 90.5 Å². The molecule has 2 aromatic carbocycles. The molecule has 3 amide bonds. The van der Waals surface area contributed by atoms with Crippen LogP contribution in [0.25, 0.3) is 0 Å². The molecule has 7 nitrogen and oxygen atoms in total. The SMILES string of the molecule is CC1(C)C(=O)Nc2ccccc2N1C(=O)CNc1ccccc1C(=O)NC1CC1. The minimum atomic E-state index is -1.03. The number of fused-ring (bicyclic) bond motifs is 1. The van der Waals surface area contributed by atoms with Gasteiger partial charge in [0.25, 0.3) is 5.91 Å². The van der Waals surface area contributed by atoms with Crippen molar-refractivity contribution in [2.45, 2.75) is 38.3 Å². The molecule has 1 fully saturated rings. The van der Waals surface area contributed by atoms with E-state index in [4.69, 9.17) is 0 Å². The highest BCUT2D eigenvalue weighted by Gasteiger charge is 2.43. The van der Waals surface area contributed by atoms with Gasteiger partial charge in [0.2, 0.25) is 11.8 Å². The third kappa shape index (κ3) is 3.68. The first-order valence-corrected chi connectivity index (χ1v) is 9.75. The predicted octanol–water partition coefficient (Wildman–Crippen LogP) is 2.75. The van der Waals surface area contributed by atoms with Gasteiger partial charge in [-0.1, -0.05) is 24.3 Å². The second-order valence-electron chi connectivity index (χ2n) is 7.91. The van der Waals surface area contributed by atoms with Gasteiger partial charge < -0.3 is 16.0 Å². The normalized spacial score (nSPS) is 17.2. The van der Waals surface area contributed by atoms with E-state index in [0.29, 0.717) is 22.6 Å². The predicted molar refractivity (Wildman–Crippen MR) is 112 cm³/mol. The molecule has 29 heavy (non-hydrogen) atoms. The average molecular weight is 392 g/mol. The summed E-state index contributed by atoms with van der Waals surface area (Å²) in [4.78, 5) is 39.7. The molecule has 7 heteroatoms. The van der Waals surface area contributed by atoms with Gasteiger partial charge in [-0.3, -0.25) is 19.3 Å². The van der Waals surface area contributed by atoms with E-state index in [0.717, 1.165) is 12.8 Å². The lowest BCUT2D eigenvalue weighted by Crippen LogP contribution is -2.59. The largest absolute Gasteiger partial charge is 0.375 e. The van der Waals surface area contributed by atoms with Crippen LogP contribution >= 0.6 is 0 Å². The van der Waals surface area contributed by atoms with E-state index in [1.54, 1.807) is 38.1 Å². The van der Waals surface area contributed by atoms with E-state index in [1.165, 1.54) is 4.90 Å². The molecular formula is C22H24N4O3. The first-order chi connectivity index (χ1) is 13.9. The molecular weight excluding hydrogens is 368 g/mol. The molecule has 0 radical (unpaired) electrons. The number of rotatable bonds is 5. The van der Waals surface area contributed by atoms with Gasteiger partial charge in [0.15, 0.2) is 0 Å². The van der Waals surface area contributed by atoms with Crippen molar-refractivity contribution in [3.8, 4) is 0 Å². The summed E-state index contributed by atoms with van der Waals surface area (Å²) < 4.78 is 0. The van der Waals surface area contributed by atoms with Crippen LogP contribution in [0.1, 0.15) is 37.0 Å². The van der Waals surface area contributed by atoms with Crippen molar-refractivity contribution >= 4 is 34.8 Å². The highest BCUT2D eigenvalue weighted by molar-refractivity contribution is 6.15. The van der Waals surface area contributed by atoms with Gasteiger partial charge in [0, 0.05) is 11.7 Å². The fourth-order valence-corrected chi connectivity index (χ4v) is 3.47. The van der Waals surface area contributed by atoms with Crippen molar-refractivity contribution in [1.82, 2.24) is 5.32 Å². The summed E-state index contributed by atoms with van der Waals surface area (Å²) in [5.74, 6) is -0.644. The van der Waals surface area contributed by atoms with Crippen molar-refractivity contribution < 1.29 is 14.4 Å². The lowest BCUT2D eigenvalue weighted by atomic mass is 9.96. The maximum absolute atomic E-state index is 13.1. The van der Waals surface area contributed by atoms with Crippen LogP contribution in [0.3, 0.4) is 0 Å². The molecule has 150 valence electrons. The van der Waals surface area contributed by atoms with E-state index in [2.05, 4.69) is 16.0 Å². The summed E-state index contributed by atoms with van der Waals surface area (Å²) in [6.45, 7) is 3.39. The number of anilines is 3. The molecule has 1 aliphatic carbocycles. The van der Waals surface area contributed by atoms with E-state index in [9.17, 15) is 14.4 Å². The van der Waals surface area contributed by atoms with Crippen LogP contribution in [-0.4, -0.2) is 35.8 Å². The Morgan fingerprint density at radius 2 is 1.79 bits per heavy atom. The average Bonchev–Trinajstić information content (AvgIpc) is 3.51. The Kier molecular flexibility index (Phi) is 4.74. The molecule has 1 saturated carbocycles. The summed E-state index contributed by atoms with van der Waals surface area (Å²) in [5.41, 5.74) is 1.32. The molecule has 0 saturated heterocycles. The van der Waals surface area contributed by atoms with Gasteiger partial charge >= 0.3 is 0 Å².